The van der Waals surface area contributed by atoms with E-state index in [1.807, 2.05) is 6.07 Å². The van der Waals surface area contributed by atoms with Crippen molar-refractivity contribution < 1.29 is 4.74 Å². The summed E-state index contributed by atoms with van der Waals surface area (Å²) in [5, 5.41) is 0. The molecule has 0 heterocycles. The summed E-state index contributed by atoms with van der Waals surface area (Å²) < 4.78 is 5.25. The van der Waals surface area contributed by atoms with E-state index >= 15 is 0 Å². The van der Waals surface area contributed by atoms with Gasteiger partial charge in [0.05, 0.1) is 7.11 Å². The third kappa shape index (κ3) is 2.35. The molecule has 0 saturated heterocycles. The summed E-state index contributed by atoms with van der Waals surface area (Å²) in [6.45, 7) is 2.08. The van der Waals surface area contributed by atoms with Crippen molar-refractivity contribution in [3.05, 3.63) is 28.8 Å². The van der Waals surface area contributed by atoms with E-state index < -0.39 is 0 Å². The lowest BCUT2D eigenvalue weighted by Gasteiger charge is -2.10. The van der Waals surface area contributed by atoms with E-state index in [0.29, 0.717) is 5.75 Å². The molecule has 0 N–H and O–H groups in total. The molecule has 0 aromatic heterocycles. The van der Waals surface area contributed by atoms with Gasteiger partial charge in [0.15, 0.2) is 0 Å². The van der Waals surface area contributed by atoms with Crippen LogP contribution in [0.15, 0.2) is 12.1 Å². The smallest absolute Gasteiger partial charge is 0.123 e. The van der Waals surface area contributed by atoms with Crippen molar-refractivity contribution >= 4 is 25.3 Å². The summed E-state index contributed by atoms with van der Waals surface area (Å²) in [7, 11) is 1.68. The Hall–Kier alpha value is -0.280. The molecule has 1 nitrogen and oxygen atoms in total. The van der Waals surface area contributed by atoms with Crippen molar-refractivity contribution in [2.45, 2.75) is 18.4 Å². The average molecular weight is 214 g/mol. The maximum atomic E-state index is 5.25. The van der Waals surface area contributed by atoms with Gasteiger partial charge in [-0.1, -0.05) is 6.07 Å². The van der Waals surface area contributed by atoms with E-state index in [-0.39, 0.29) is 0 Å². The van der Waals surface area contributed by atoms with Gasteiger partial charge in [-0.2, -0.15) is 25.3 Å². The van der Waals surface area contributed by atoms with E-state index in [1.165, 1.54) is 11.1 Å². The van der Waals surface area contributed by atoms with E-state index in [9.17, 15) is 0 Å². The zero-order chi connectivity index (χ0) is 9.84. The van der Waals surface area contributed by atoms with Crippen LogP contribution in [0.1, 0.15) is 16.7 Å². The quantitative estimate of drug-likeness (QED) is 0.736. The summed E-state index contributed by atoms with van der Waals surface area (Å²) in [4.78, 5) is 0. The molecule has 1 aromatic carbocycles. The van der Waals surface area contributed by atoms with Gasteiger partial charge in [-0.25, -0.2) is 0 Å². The van der Waals surface area contributed by atoms with E-state index in [4.69, 9.17) is 4.74 Å². The van der Waals surface area contributed by atoms with Crippen molar-refractivity contribution in [2.24, 2.45) is 0 Å². The molecular weight excluding hydrogens is 200 g/mol. The Morgan fingerprint density at radius 1 is 1.15 bits per heavy atom. The largest absolute Gasteiger partial charge is 0.496 e. The molecule has 0 fully saturated rings. The molecule has 0 aliphatic rings. The number of benzene rings is 1. The summed E-state index contributed by atoms with van der Waals surface area (Å²) in [6.07, 6.45) is 0. The molecule has 0 bridgehead atoms. The Labute approximate surface area is 90.3 Å². The SMILES string of the molecule is COc1cc(CS)c(C)cc1CS. The zero-order valence-electron chi connectivity index (χ0n) is 7.87. The average Bonchev–Trinajstić information content (AvgIpc) is 2.17. The minimum absolute atomic E-state index is 0.705. The number of thiol groups is 2. The van der Waals surface area contributed by atoms with Gasteiger partial charge in [0.25, 0.3) is 0 Å². The van der Waals surface area contributed by atoms with Crippen LogP contribution in [0.2, 0.25) is 0 Å². The van der Waals surface area contributed by atoms with E-state index in [2.05, 4.69) is 38.2 Å². The molecule has 0 amide bonds. The fourth-order valence-electron chi connectivity index (χ4n) is 1.27. The molecule has 0 unspecified atom stereocenters. The highest BCUT2D eigenvalue weighted by atomic mass is 32.1. The summed E-state index contributed by atoms with van der Waals surface area (Å²) in [6, 6.07) is 4.14. The molecule has 0 atom stereocenters. The van der Waals surface area contributed by atoms with E-state index in [0.717, 1.165) is 17.1 Å². The molecule has 0 aliphatic carbocycles. The van der Waals surface area contributed by atoms with Gasteiger partial charge in [-0.05, 0) is 24.1 Å². The van der Waals surface area contributed by atoms with Crippen LogP contribution in [0.4, 0.5) is 0 Å². The number of aryl methyl sites for hydroxylation is 1. The van der Waals surface area contributed by atoms with Crippen LogP contribution in [0.5, 0.6) is 5.75 Å². The number of hydrogen-bond acceptors (Lipinski definition) is 3. The van der Waals surface area contributed by atoms with Crippen molar-refractivity contribution in [1.82, 2.24) is 0 Å². The van der Waals surface area contributed by atoms with Crippen LogP contribution in [-0.2, 0) is 11.5 Å². The van der Waals surface area contributed by atoms with Gasteiger partial charge in [-0.3, -0.25) is 0 Å². The predicted molar refractivity (Wildman–Crippen MR) is 63.1 cm³/mol. The lowest BCUT2D eigenvalue weighted by molar-refractivity contribution is 0.411. The Balaban J connectivity index is 3.18. The van der Waals surface area contributed by atoms with Gasteiger partial charge in [0.1, 0.15) is 5.75 Å². The minimum Gasteiger partial charge on any atom is -0.496 e. The molecule has 1 rings (SSSR count). The number of rotatable bonds is 3. The molecule has 0 spiro atoms. The van der Waals surface area contributed by atoms with Crippen LogP contribution < -0.4 is 4.74 Å². The Kier molecular flexibility index (Phi) is 4.00. The van der Waals surface area contributed by atoms with Crippen molar-refractivity contribution in [3.8, 4) is 5.75 Å². The van der Waals surface area contributed by atoms with Crippen molar-refractivity contribution in [3.63, 3.8) is 0 Å². The highest BCUT2D eigenvalue weighted by Gasteiger charge is 2.05. The predicted octanol–water partition coefficient (Wildman–Crippen LogP) is 2.86. The summed E-state index contributed by atoms with van der Waals surface area (Å²) in [5.74, 6) is 2.36. The van der Waals surface area contributed by atoms with Crippen LogP contribution in [0.3, 0.4) is 0 Å². The standard InChI is InChI=1S/C10H14OS2/c1-7-3-9(6-13)10(11-2)4-8(7)5-12/h3-4,12-13H,5-6H2,1-2H3. The first-order chi connectivity index (χ1) is 6.22. The maximum absolute atomic E-state index is 5.25. The van der Waals surface area contributed by atoms with Crippen LogP contribution in [0, 0.1) is 6.92 Å². The summed E-state index contributed by atoms with van der Waals surface area (Å²) in [5.41, 5.74) is 3.60. The van der Waals surface area contributed by atoms with Crippen molar-refractivity contribution in [2.75, 3.05) is 7.11 Å². The number of methoxy groups -OCH3 is 1. The van der Waals surface area contributed by atoms with Gasteiger partial charge in [-0.15, -0.1) is 0 Å². The first kappa shape index (κ1) is 10.8. The molecule has 0 aliphatic heterocycles. The van der Waals surface area contributed by atoms with Gasteiger partial charge in [0.2, 0.25) is 0 Å². The second-order valence-corrected chi connectivity index (χ2v) is 3.54. The second kappa shape index (κ2) is 4.82. The van der Waals surface area contributed by atoms with Crippen LogP contribution in [0.25, 0.3) is 0 Å². The molecule has 0 saturated carbocycles. The Morgan fingerprint density at radius 3 is 2.23 bits per heavy atom. The lowest BCUT2D eigenvalue weighted by Crippen LogP contribution is -1.94. The lowest BCUT2D eigenvalue weighted by atomic mass is 10.1. The minimum atomic E-state index is 0.705. The van der Waals surface area contributed by atoms with E-state index in [1.54, 1.807) is 7.11 Å². The van der Waals surface area contributed by atoms with Gasteiger partial charge in [0, 0.05) is 17.1 Å². The van der Waals surface area contributed by atoms with Crippen LogP contribution in [-0.4, -0.2) is 7.11 Å². The topological polar surface area (TPSA) is 9.23 Å². The number of ether oxygens (including phenoxy) is 1. The van der Waals surface area contributed by atoms with Gasteiger partial charge >= 0.3 is 0 Å². The maximum Gasteiger partial charge on any atom is 0.123 e. The molecule has 3 heteroatoms. The normalized spacial score (nSPS) is 10.2. The number of hydrogen-bond donors (Lipinski definition) is 2. The molecular formula is C10H14OS2. The highest BCUT2D eigenvalue weighted by Crippen LogP contribution is 2.25. The molecule has 0 radical (unpaired) electrons. The monoisotopic (exact) mass is 214 g/mol. The highest BCUT2D eigenvalue weighted by molar-refractivity contribution is 7.79. The van der Waals surface area contributed by atoms with Gasteiger partial charge < -0.3 is 4.74 Å². The Bertz CT molecular complexity index is 297. The first-order valence-electron chi connectivity index (χ1n) is 4.11. The zero-order valence-corrected chi connectivity index (χ0v) is 9.66. The third-order valence-electron chi connectivity index (χ3n) is 2.08. The first-order valence-corrected chi connectivity index (χ1v) is 5.37. The summed E-state index contributed by atoms with van der Waals surface area (Å²) >= 11 is 8.50. The molecule has 72 valence electrons. The molecule has 1 aromatic rings. The fraction of sp³-hybridized carbons (Fsp3) is 0.400. The second-order valence-electron chi connectivity index (χ2n) is 2.91. The van der Waals surface area contributed by atoms with Crippen LogP contribution >= 0.6 is 25.3 Å². The third-order valence-corrected chi connectivity index (χ3v) is 2.76. The van der Waals surface area contributed by atoms with Crippen molar-refractivity contribution in [1.29, 1.82) is 0 Å². The fourth-order valence-corrected chi connectivity index (χ4v) is 1.86. The molecule has 13 heavy (non-hydrogen) atoms. The Morgan fingerprint density at radius 2 is 1.77 bits per heavy atom.